The Morgan fingerprint density at radius 2 is 2.09 bits per heavy atom. The van der Waals surface area contributed by atoms with Crippen LogP contribution in [0.5, 0.6) is 0 Å². The first kappa shape index (κ1) is 16.3. The molecule has 0 unspecified atom stereocenters. The Morgan fingerprint density at radius 3 is 2.74 bits per heavy atom. The lowest BCUT2D eigenvalue weighted by Crippen LogP contribution is -2.40. The van der Waals surface area contributed by atoms with E-state index in [2.05, 4.69) is 15.5 Å². The largest absolute Gasteiger partial charge is 0.344 e. The van der Waals surface area contributed by atoms with Gasteiger partial charge < -0.3 is 9.84 Å². The molecule has 2 aromatic rings. The SMILES string of the molecule is CC(=O)NC(C)(C)c1noc([C@@H]2C[C@H]2c2ccc(Cl)cc2Cl)n1. The van der Waals surface area contributed by atoms with E-state index < -0.39 is 5.54 Å². The zero-order valence-corrected chi connectivity index (χ0v) is 14.6. The Bertz CT molecular complexity index is 758. The first-order valence-corrected chi connectivity index (χ1v) is 8.11. The van der Waals surface area contributed by atoms with Gasteiger partial charge in [0.15, 0.2) is 5.82 Å². The molecule has 1 aliphatic carbocycles. The zero-order valence-electron chi connectivity index (χ0n) is 13.1. The molecule has 0 saturated heterocycles. The van der Waals surface area contributed by atoms with Crippen molar-refractivity contribution < 1.29 is 9.32 Å². The van der Waals surface area contributed by atoms with E-state index in [1.807, 2.05) is 26.0 Å². The van der Waals surface area contributed by atoms with Gasteiger partial charge in [-0.1, -0.05) is 34.4 Å². The Kier molecular flexibility index (Phi) is 4.10. The Hall–Kier alpha value is -1.59. The number of rotatable bonds is 4. The molecule has 1 aromatic carbocycles. The van der Waals surface area contributed by atoms with Crippen LogP contribution in [0.15, 0.2) is 22.7 Å². The van der Waals surface area contributed by atoms with Crippen LogP contribution in [0.3, 0.4) is 0 Å². The number of carbonyl (C=O) groups excluding carboxylic acids is 1. The van der Waals surface area contributed by atoms with E-state index in [0.717, 1.165) is 12.0 Å². The maximum Gasteiger partial charge on any atom is 0.230 e. The minimum absolute atomic E-state index is 0.140. The first-order chi connectivity index (χ1) is 10.8. The molecule has 0 radical (unpaired) electrons. The van der Waals surface area contributed by atoms with E-state index in [0.29, 0.717) is 21.8 Å². The highest BCUT2D eigenvalue weighted by Crippen LogP contribution is 2.55. The van der Waals surface area contributed by atoms with Gasteiger partial charge in [-0.25, -0.2) is 0 Å². The average Bonchev–Trinajstić information content (AvgIpc) is 3.04. The second kappa shape index (κ2) is 5.80. The van der Waals surface area contributed by atoms with E-state index in [4.69, 9.17) is 27.7 Å². The van der Waals surface area contributed by atoms with Gasteiger partial charge >= 0.3 is 0 Å². The number of halogens is 2. The summed E-state index contributed by atoms with van der Waals surface area (Å²) in [5.41, 5.74) is 0.373. The second-order valence-electron chi connectivity index (χ2n) is 6.38. The van der Waals surface area contributed by atoms with Gasteiger partial charge in [-0.2, -0.15) is 4.98 Å². The highest BCUT2D eigenvalue weighted by molar-refractivity contribution is 6.35. The van der Waals surface area contributed by atoms with Crippen LogP contribution in [-0.2, 0) is 10.3 Å². The molecule has 0 spiro atoms. The fourth-order valence-corrected chi connectivity index (χ4v) is 3.30. The summed E-state index contributed by atoms with van der Waals surface area (Å²) in [7, 11) is 0. The normalized spacial score (nSPS) is 20.4. The summed E-state index contributed by atoms with van der Waals surface area (Å²) < 4.78 is 5.39. The molecule has 0 aliphatic heterocycles. The molecule has 1 aliphatic rings. The van der Waals surface area contributed by atoms with Crippen molar-refractivity contribution in [2.75, 3.05) is 0 Å². The Labute approximate surface area is 144 Å². The Balaban J connectivity index is 1.77. The van der Waals surface area contributed by atoms with Gasteiger partial charge in [0.05, 0.1) is 5.54 Å². The first-order valence-electron chi connectivity index (χ1n) is 7.35. The number of hydrogen-bond donors (Lipinski definition) is 1. The second-order valence-corrected chi connectivity index (χ2v) is 7.22. The number of amides is 1. The van der Waals surface area contributed by atoms with E-state index in [9.17, 15) is 4.79 Å². The van der Waals surface area contributed by atoms with E-state index in [1.165, 1.54) is 6.92 Å². The molecule has 1 heterocycles. The molecule has 122 valence electrons. The van der Waals surface area contributed by atoms with Crippen LogP contribution in [0.4, 0.5) is 0 Å². The molecular formula is C16H17Cl2N3O2. The number of nitrogens with zero attached hydrogens (tertiary/aromatic N) is 2. The Morgan fingerprint density at radius 1 is 1.35 bits per heavy atom. The molecule has 2 atom stereocenters. The van der Waals surface area contributed by atoms with Crippen LogP contribution in [-0.4, -0.2) is 16.0 Å². The van der Waals surface area contributed by atoms with Gasteiger partial charge in [-0.15, -0.1) is 0 Å². The molecule has 1 N–H and O–H groups in total. The van der Waals surface area contributed by atoms with Crippen molar-refractivity contribution in [1.82, 2.24) is 15.5 Å². The lowest BCUT2D eigenvalue weighted by molar-refractivity contribution is -0.120. The lowest BCUT2D eigenvalue weighted by Gasteiger charge is -2.20. The average molecular weight is 354 g/mol. The summed E-state index contributed by atoms with van der Waals surface area (Å²) in [4.78, 5) is 15.7. The molecule has 23 heavy (non-hydrogen) atoms. The van der Waals surface area contributed by atoms with Crippen LogP contribution < -0.4 is 5.32 Å². The summed E-state index contributed by atoms with van der Waals surface area (Å²) in [5.74, 6) is 1.32. The van der Waals surface area contributed by atoms with Crippen LogP contribution in [0.25, 0.3) is 0 Å². The maximum absolute atomic E-state index is 11.3. The van der Waals surface area contributed by atoms with Crippen LogP contribution in [0, 0.1) is 0 Å². The summed E-state index contributed by atoms with van der Waals surface area (Å²) in [6.45, 7) is 5.13. The van der Waals surface area contributed by atoms with Gasteiger partial charge in [0.25, 0.3) is 0 Å². The van der Waals surface area contributed by atoms with Crippen molar-refractivity contribution in [3.8, 4) is 0 Å². The smallest absolute Gasteiger partial charge is 0.230 e. The number of nitrogens with one attached hydrogen (secondary N) is 1. The summed E-state index contributed by atoms with van der Waals surface area (Å²) in [6, 6.07) is 5.51. The van der Waals surface area contributed by atoms with Crippen molar-refractivity contribution in [3.63, 3.8) is 0 Å². The highest BCUT2D eigenvalue weighted by Gasteiger charge is 2.45. The van der Waals surface area contributed by atoms with Crippen LogP contribution >= 0.6 is 23.2 Å². The van der Waals surface area contributed by atoms with E-state index in [1.54, 1.807) is 6.07 Å². The standard InChI is InChI=1S/C16H17Cl2N3O2/c1-8(22)20-16(2,3)15-19-14(23-21-15)12-7-11(12)10-5-4-9(17)6-13(10)18/h4-6,11-12H,7H2,1-3H3,(H,20,22)/t11-,12+/m0/s1. The van der Waals surface area contributed by atoms with Crippen molar-refractivity contribution in [2.45, 2.75) is 44.6 Å². The molecule has 1 saturated carbocycles. The third kappa shape index (κ3) is 3.35. The van der Waals surface area contributed by atoms with Crippen LogP contribution in [0.1, 0.15) is 56.3 Å². The van der Waals surface area contributed by atoms with E-state index >= 15 is 0 Å². The molecule has 7 heteroatoms. The fraction of sp³-hybridized carbons (Fsp3) is 0.438. The van der Waals surface area contributed by atoms with Gasteiger partial charge in [-0.05, 0) is 43.9 Å². The number of carbonyl (C=O) groups is 1. The van der Waals surface area contributed by atoms with Gasteiger partial charge in [0.1, 0.15) is 0 Å². The summed E-state index contributed by atoms with van der Waals surface area (Å²) in [5, 5.41) is 8.09. The maximum atomic E-state index is 11.3. The fourth-order valence-electron chi connectivity index (χ4n) is 2.75. The van der Waals surface area contributed by atoms with Crippen LogP contribution in [0.2, 0.25) is 10.0 Å². The lowest BCUT2D eigenvalue weighted by atomic mass is 10.1. The topological polar surface area (TPSA) is 68.0 Å². The molecule has 5 nitrogen and oxygen atoms in total. The van der Waals surface area contributed by atoms with Gasteiger partial charge in [-0.3, -0.25) is 4.79 Å². The zero-order chi connectivity index (χ0) is 16.8. The molecule has 1 amide bonds. The number of hydrogen-bond acceptors (Lipinski definition) is 4. The highest BCUT2D eigenvalue weighted by atomic mass is 35.5. The molecule has 3 rings (SSSR count). The third-order valence-electron chi connectivity index (χ3n) is 3.96. The quantitative estimate of drug-likeness (QED) is 0.901. The van der Waals surface area contributed by atoms with Gasteiger partial charge in [0.2, 0.25) is 11.8 Å². The number of aromatic nitrogens is 2. The monoisotopic (exact) mass is 353 g/mol. The van der Waals surface area contributed by atoms with Gasteiger partial charge in [0, 0.05) is 22.9 Å². The van der Waals surface area contributed by atoms with E-state index in [-0.39, 0.29) is 17.7 Å². The predicted molar refractivity (Wildman–Crippen MR) is 87.7 cm³/mol. The minimum atomic E-state index is -0.671. The van der Waals surface area contributed by atoms with Crippen molar-refractivity contribution in [1.29, 1.82) is 0 Å². The predicted octanol–water partition coefficient (Wildman–Crippen LogP) is 4.02. The molecule has 1 aromatic heterocycles. The molecular weight excluding hydrogens is 337 g/mol. The van der Waals surface area contributed by atoms with Crippen molar-refractivity contribution >= 4 is 29.1 Å². The molecule has 1 fully saturated rings. The number of benzene rings is 1. The van der Waals surface area contributed by atoms with Crippen molar-refractivity contribution in [3.05, 3.63) is 45.5 Å². The molecule has 0 bridgehead atoms. The van der Waals surface area contributed by atoms with Crippen molar-refractivity contribution in [2.24, 2.45) is 0 Å². The summed E-state index contributed by atoms with van der Waals surface area (Å²) in [6.07, 6.45) is 0.906. The minimum Gasteiger partial charge on any atom is -0.344 e. The summed E-state index contributed by atoms with van der Waals surface area (Å²) >= 11 is 12.2. The third-order valence-corrected chi connectivity index (χ3v) is 4.52.